The van der Waals surface area contributed by atoms with Crippen LogP contribution in [0.3, 0.4) is 0 Å². The van der Waals surface area contributed by atoms with Crippen LogP contribution < -0.4 is 15.4 Å². The maximum Gasteiger partial charge on any atom is 0.332 e. The summed E-state index contributed by atoms with van der Waals surface area (Å²) in [6.07, 6.45) is 6.01. The average molecular weight is 775 g/mol. The zero-order chi connectivity index (χ0) is 40.7. The second-order valence-electron chi connectivity index (χ2n) is 13.9. The number of carbonyl (C=O) groups is 4. The molecule has 4 atom stereocenters. The number of amides is 2. The van der Waals surface area contributed by atoms with Crippen LogP contribution in [0.2, 0.25) is 0 Å². The van der Waals surface area contributed by atoms with Gasteiger partial charge in [0.2, 0.25) is 11.8 Å². The molecule has 0 aliphatic rings. The molecule has 0 saturated carbocycles. The summed E-state index contributed by atoms with van der Waals surface area (Å²) in [5, 5.41) is 15.6. The van der Waals surface area contributed by atoms with E-state index in [0.29, 0.717) is 31.6 Å². The first-order valence-corrected chi connectivity index (χ1v) is 19.4. The molecular formula is C47H54N2O8. The van der Waals surface area contributed by atoms with Gasteiger partial charge >= 0.3 is 11.9 Å². The number of unbranched alkanes of at least 4 members (excludes halogenated alkanes) is 1. The van der Waals surface area contributed by atoms with Gasteiger partial charge in [0.1, 0.15) is 25.6 Å². The summed E-state index contributed by atoms with van der Waals surface area (Å²) >= 11 is 0. The van der Waals surface area contributed by atoms with E-state index in [4.69, 9.17) is 14.2 Å². The van der Waals surface area contributed by atoms with Crippen molar-refractivity contribution in [3.8, 4) is 5.75 Å². The number of aliphatic hydroxyl groups is 1. The summed E-state index contributed by atoms with van der Waals surface area (Å²) in [4.78, 5) is 53.9. The highest BCUT2D eigenvalue weighted by Crippen LogP contribution is 2.19. The lowest BCUT2D eigenvalue weighted by atomic mass is 9.94. The average Bonchev–Trinajstić information content (AvgIpc) is 3.24. The van der Waals surface area contributed by atoms with Crippen molar-refractivity contribution in [1.29, 1.82) is 0 Å². The fraction of sp³-hybridized carbons (Fsp3) is 0.319. The van der Waals surface area contributed by atoms with Gasteiger partial charge in [-0.05, 0) is 72.9 Å². The standard InChI is InChI=1S/C47H54N2O8/c1-3-5-9-23-40(28-35-17-10-6-11-18-35)46(53)57-34-43(47(54)56-33-38-21-14-8-15-22-38)49-45(52)39(16-4-2)30-44(51)48-41(31-50)29-36-24-26-42(27-25-36)55-32-37-19-12-7-13-20-37/h3-4,6-8,10-15,17-22,24-27,39-41,43,50H,1-2,5,9,16,23,28-34H2,(H,48,51)(H,49,52)/t39-,40+,41-,43+/m0/s1. The summed E-state index contributed by atoms with van der Waals surface area (Å²) in [6, 6.07) is 34.0. The highest BCUT2D eigenvalue weighted by Gasteiger charge is 2.30. The Hall–Kier alpha value is -6.00. The fourth-order valence-corrected chi connectivity index (χ4v) is 6.18. The van der Waals surface area contributed by atoms with Crippen LogP contribution in [-0.2, 0) is 54.7 Å². The van der Waals surface area contributed by atoms with Crippen molar-refractivity contribution >= 4 is 23.8 Å². The Morgan fingerprint density at radius 3 is 1.84 bits per heavy atom. The minimum Gasteiger partial charge on any atom is -0.489 e. The lowest BCUT2D eigenvalue weighted by Gasteiger charge is -2.23. The third-order valence-corrected chi connectivity index (χ3v) is 9.33. The van der Waals surface area contributed by atoms with Gasteiger partial charge in [0, 0.05) is 6.42 Å². The fourth-order valence-electron chi connectivity index (χ4n) is 6.18. The smallest absolute Gasteiger partial charge is 0.332 e. The minimum absolute atomic E-state index is 0.0529. The first-order chi connectivity index (χ1) is 27.8. The van der Waals surface area contributed by atoms with Crippen molar-refractivity contribution in [3.63, 3.8) is 0 Å². The van der Waals surface area contributed by atoms with E-state index in [1.54, 1.807) is 18.2 Å². The van der Waals surface area contributed by atoms with Crippen LogP contribution in [0, 0.1) is 11.8 Å². The number of esters is 2. The van der Waals surface area contributed by atoms with E-state index in [9.17, 15) is 24.3 Å². The molecule has 0 radical (unpaired) electrons. The Balaban J connectivity index is 1.37. The molecule has 0 saturated heterocycles. The van der Waals surface area contributed by atoms with E-state index in [0.717, 1.165) is 35.1 Å². The molecule has 57 heavy (non-hydrogen) atoms. The summed E-state index contributed by atoms with van der Waals surface area (Å²) in [6.45, 7) is 7.12. The normalized spacial score (nSPS) is 12.9. The maximum absolute atomic E-state index is 13.7. The predicted octanol–water partition coefficient (Wildman–Crippen LogP) is 6.85. The molecule has 10 heteroatoms. The topological polar surface area (TPSA) is 140 Å². The lowest BCUT2D eigenvalue weighted by Crippen LogP contribution is -2.48. The number of rotatable bonds is 25. The summed E-state index contributed by atoms with van der Waals surface area (Å²) in [7, 11) is 0. The highest BCUT2D eigenvalue weighted by molar-refractivity contribution is 5.89. The third kappa shape index (κ3) is 15.9. The van der Waals surface area contributed by atoms with Crippen molar-refractivity contribution in [1.82, 2.24) is 10.6 Å². The van der Waals surface area contributed by atoms with Crippen LogP contribution in [0.15, 0.2) is 141 Å². The van der Waals surface area contributed by atoms with E-state index in [1.807, 2.05) is 103 Å². The number of carbonyl (C=O) groups excluding carboxylic acids is 4. The number of nitrogens with one attached hydrogen (secondary N) is 2. The molecule has 10 nitrogen and oxygen atoms in total. The van der Waals surface area contributed by atoms with E-state index in [2.05, 4.69) is 23.8 Å². The quantitative estimate of drug-likeness (QED) is 0.0378. The van der Waals surface area contributed by atoms with Crippen molar-refractivity contribution < 1.29 is 38.5 Å². The molecule has 0 bridgehead atoms. The first-order valence-electron chi connectivity index (χ1n) is 19.4. The third-order valence-electron chi connectivity index (χ3n) is 9.33. The molecule has 4 aromatic rings. The van der Waals surface area contributed by atoms with Crippen LogP contribution in [0.25, 0.3) is 0 Å². The van der Waals surface area contributed by atoms with Gasteiger partial charge in [0.05, 0.1) is 24.5 Å². The van der Waals surface area contributed by atoms with Crippen molar-refractivity contribution in [2.24, 2.45) is 11.8 Å². The Labute approximate surface area is 335 Å². The molecule has 0 aromatic heterocycles. The van der Waals surface area contributed by atoms with E-state index < -0.39 is 54.3 Å². The maximum atomic E-state index is 13.7. The first kappa shape index (κ1) is 43.7. The zero-order valence-corrected chi connectivity index (χ0v) is 32.4. The lowest BCUT2D eigenvalue weighted by molar-refractivity contribution is -0.157. The van der Waals surface area contributed by atoms with Crippen molar-refractivity contribution in [2.75, 3.05) is 13.2 Å². The number of benzene rings is 4. The Kier molecular flexibility index (Phi) is 18.8. The van der Waals surface area contributed by atoms with Gasteiger partial charge < -0.3 is 30.0 Å². The summed E-state index contributed by atoms with van der Waals surface area (Å²) < 4.78 is 17.1. The molecular weight excluding hydrogens is 721 g/mol. The number of allylic oxidation sites excluding steroid dienone is 2. The van der Waals surface area contributed by atoms with Crippen molar-refractivity contribution in [3.05, 3.63) is 163 Å². The van der Waals surface area contributed by atoms with Gasteiger partial charge in [0.15, 0.2) is 6.04 Å². The van der Waals surface area contributed by atoms with E-state index in [-0.39, 0.29) is 26.1 Å². The van der Waals surface area contributed by atoms with Crippen LogP contribution >= 0.6 is 0 Å². The van der Waals surface area contributed by atoms with Gasteiger partial charge in [-0.15, -0.1) is 13.2 Å². The Morgan fingerprint density at radius 1 is 0.649 bits per heavy atom. The van der Waals surface area contributed by atoms with Gasteiger partial charge in [-0.1, -0.05) is 115 Å². The second-order valence-corrected chi connectivity index (χ2v) is 13.9. The van der Waals surface area contributed by atoms with Gasteiger partial charge in [-0.3, -0.25) is 14.4 Å². The highest BCUT2D eigenvalue weighted by atomic mass is 16.6. The summed E-state index contributed by atoms with van der Waals surface area (Å²) in [5.41, 5.74) is 3.64. The van der Waals surface area contributed by atoms with Gasteiger partial charge in [-0.25, -0.2) is 4.79 Å². The minimum atomic E-state index is -1.34. The summed E-state index contributed by atoms with van der Waals surface area (Å²) in [5.74, 6) is -3.05. The van der Waals surface area contributed by atoms with Crippen LogP contribution in [0.1, 0.15) is 54.4 Å². The molecule has 0 fully saturated rings. The number of ether oxygens (including phenoxy) is 3. The molecule has 4 rings (SSSR count). The molecule has 4 aromatic carbocycles. The van der Waals surface area contributed by atoms with Gasteiger partial charge in [-0.2, -0.15) is 0 Å². The predicted molar refractivity (Wildman–Crippen MR) is 220 cm³/mol. The van der Waals surface area contributed by atoms with E-state index in [1.165, 1.54) is 6.08 Å². The Morgan fingerprint density at radius 2 is 1.25 bits per heavy atom. The molecule has 0 heterocycles. The molecule has 300 valence electrons. The molecule has 0 aliphatic carbocycles. The van der Waals surface area contributed by atoms with Crippen LogP contribution in [0.5, 0.6) is 5.75 Å². The van der Waals surface area contributed by atoms with Crippen molar-refractivity contribution in [2.45, 2.75) is 70.2 Å². The molecule has 0 aliphatic heterocycles. The second kappa shape index (κ2) is 24.5. The molecule has 2 amide bonds. The molecule has 0 spiro atoms. The van der Waals surface area contributed by atoms with Gasteiger partial charge in [0.25, 0.3) is 0 Å². The number of aliphatic hydroxyl groups excluding tert-OH is 1. The molecule has 0 unspecified atom stereocenters. The zero-order valence-electron chi connectivity index (χ0n) is 32.4. The van der Waals surface area contributed by atoms with Crippen LogP contribution in [-0.4, -0.2) is 54.2 Å². The SMILES string of the molecule is C=CCCC[C@H](Cc1ccccc1)C(=O)OC[C@@H](NC(=O)[C@@H](CC=C)CC(=O)N[C@H](CO)Cc1ccc(OCc2ccccc2)cc1)C(=O)OCc1ccccc1. The Bertz CT molecular complexity index is 1830. The monoisotopic (exact) mass is 774 g/mol. The number of hydrogen-bond acceptors (Lipinski definition) is 8. The van der Waals surface area contributed by atoms with E-state index >= 15 is 0 Å². The largest absolute Gasteiger partial charge is 0.489 e. The number of hydrogen-bond donors (Lipinski definition) is 3. The molecule has 3 N–H and O–H groups in total. The van der Waals surface area contributed by atoms with Crippen LogP contribution in [0.4, 0.5) is 0 Å².